The number of fused-ring (bicyclic) bond motifs is 1. The second-order valence-corrected chi connectivity index (χ2v) is 4.14. The van der Waals surface area contributed by atoms with E-state index in [2.05, 4.69) is 23.2 Å². The first-order chi connectivity index (χ1) is 6.84. The van der Waals surface area contributed by atoms with E-state index >= 15 is 0 Å². The first-order valence-electron chi connectivity index (χ1n) is 5.16. The van der Waals surface area contributed by atoms with Crippen LogP contribution in [0.4, 0.5) is 5.69 Å². The summed E-state index contributed by atoms with van der Waals surface area (Å²) >= 11 is 0. The van der Waals surface area contributed by atoms with Gasteiger partial charge in [-0.05, 0) is 30.5 Å². The van der Waals surface area contributed by atoms with Crippen LogP contribution in [0.5, 0.6) is 0 Å². The minimum atomic E-state index is 0.792. The molecule has 1 aliphatic carbocycles. The van der Waals surface area contributed by atoms with Crippen LogP contribution in [-0.2, 0) is 6.54 Å². The Morgan fingerprint density at radius 2 is 2.14 bits per heavy atom. The van der Waals surface area contributed by atoms with E-state index in [0.29, 0.717) is 0 Å². The summed E-state index contributed by atoms with van der Waals surface area (Å²) in [6.45, 7) is 1.03. The van der Waals surface area contributed by atoms with E-state index < -0.39 is 0 Å². The molecule has 1 saturated carbocycles. The molecule has 1 aromatic rings. The van der Waals surface area contributed by atoms with Crippen molar-refractivity contribution in [3.63, 3.8) is 0 Å². The maximum atomic E-state index is 5.91. The highest BCUT2D eigenvalue weighted by molar-refractivity contribution is 5.68. The molecular weight excluding hydrogens is 172 g/mol. The van der Waals surface area contributed by atoms with Gasteiger partial charge in [0.1, 0.15) is 0 Å². The third-order valence-electron chi connectivity index (χ3n) is 3.03. The molecule has 3 rings (SSSR count). The molecular formula is C12H14N2. The fraction of sp³-hybridized carbons (Fsp3) is 0.333. The number of nitrogens with two attached hydrogens (primary N) is 1. The molecule has 2 nitrogen and oxygen atoms in total. The highest BCUT2D eigenvalue weighted by Crippen LogP contribution is 2.33. The largest absolute Gasteiger partial charge is 0.398 e. The summed E-state index contributed by atoms with van der Waals surface area (Å²) in [5, 5.41) is 0. The molecule has 1 aliphatic heterocycles. The second kappa shape index (κ2) is 2.77. The number of benzene rings is 1. The topological polar surface area (TPSA) is 29.3 Å². The van der Waals surface area contributed by atoms with E-state index in [4.69, 9.17) is 5.73 Å². The van der Waals surface area contributed by atoms with Crippen LogP contribution in [-0.4, -0.2) is 10.9 Å². The smallest absolute Gasteiger partial charge is 0.0433 e. The Kier molecular flexibility index (Phi) is 1.57. The zero-order chi connectivity index (χ0) is 9.54. The molecule has 1 fully saturated rings. The molecule has 72 valence electrons. The van der Waals surface area contributed by atoms with Gasteiger partial charge in [0.2, 0.25) is 0 Å². The van der Waals surface area contributed by atoms with Crippen molar-refractivity contribution in [2.24, 2.45) is 0 Å². The Morgan fingerprint density at radius 3 is 2.93 bits per heavy atom. The molecule has 0 saturated heterocycles. The number of nitrogens with zero attached hydrogens (tertiary/aromatic N) is 1. The van der Waals surface area contributed by atoms with E-state index in [1.165, 1.54) is 24.0 Å². The third-order valence-corrected chi connectivity index (χ3v) is 3.03. The van der Waals surface area contributed by atoms with Crippen molar-refractivity contribution < 1.29 is 0 Å². The van der Waals surface area contributed by atoms with E-state index in [1.54, 1.807) is 0 Å². The summed E-state index contributed by atoms with van der Waals surface area (Å²) in [6.07, 6.45) is 7.03. The number of nitrogen functional groups attached to an aromatic ring is 1. The van der Waals surface area contributed by atoms with Gasteiger partial charge in [0.05, 0.1) is 0 Å². The Balaban J connectivity index is 1.97. The lowest BCUT2D eigenvalue weighted by Crippen LogP contribution is -2.22. The molecule has 0 amide bonds. The predicted octanol–water partition coefficient (Wildman–Crippen LogP) is 2.22. The zero-order valence-corrected chi connectivity index (χ0v) is 8.11. The van der Waals surface area contributed by atoms with Crippen LogP contribution in [0.25, 0.3) is 6.08 Å². The van der Waals surface area contributed by atoms with E-state index in [1.807, 2.05) is 12.1 Å². The molecule has 0 unspecified atom stereocenters. The SMILES string of the molecule is Nc1cccc2c1C=CN(C1CC1)C2. The highest BCUT2D eigenvalue weighted by Gasteiger charge is 2.28. The molecule has 2 aliphatic rings. The monoisotopic (exact) mass is 186 g/mol. The van der Waals surface area contributed by atoms with Crippen LogP contribution in [0, 0.1) is 0 Å². The summed E-state index contributed by atoms with van der Waals surface area (Å²) in [5.74, 6) is 0. The molecule has 0 radical (unpaired) electrons. The van der Waals surface area contributed by atoms with Crippen molar-refractivity contribution in [2.75, 3.05) is 5.73 Å². The number of hydrogen-bond donors (Lipinski definition) is 1. The van der Waals surface area contributed by atoms with Crippen molar-refractivity contribution >= 4 is 11.8 Å². The molecule has 14 heavy (non-hydrogen) atoms. The Bertz CT molecular complexity index is 391. The van der Waals surface area contributed by atoms with Gasteiger partial charge in [0.15, 0.2) is 0 Å². The predicted molar refractivity (Wildman–Crippen MR) is 58.5 cm³/mol. The average Bonchev–Trinajstić information content (AvgIpc) is 3.01. The van der Waals surface area contributed by atoms with Crippen molar-refractivity contribution in [1.29, 1.82) is 0 Å². The lowest BCUT2D eigenvalue weighted by Gasteiger charge is -2.25. The number of anilines is 1. The van der Waals surface area contributed by atoms with Gasteiger partial charge in [-0.1, -0.05) is 12.1 Å². The normalized spacial score (nSPS) is 19.6. The summed E-state index contributed by atoms with van der Waals surface area (Å²) < 4.78 is 0. The number of rotatable bonds is 1. The van der Waals surface area contributed by atoms with Crippen molar-refractivity contribution in [3.8, 4) is 0 Å². The average molecular weight is 186 g/mol. The van der Waals surface area contributed by atoms with Crippen LogP contribution in [0.2, 0.25) is 0 Å². The van der Waals surface area contributed by atoms with Crippen molar-refractivity contribution in [1.82, 2.24) is 4.90 Å². The highest BCUT2D eigenvalue weighted by atomic mass is 15.2. The minimum absolute atomic E-state index is 0.792. The van der Waals surface area contributed by atoms with Gasteiger partial charge in [-0.2, -0.15) is 0 Å². The van der Waals surface area contributed by atoms with Gasteiger partial charge in [-0.25, -0.2) is 0 Å². The van der Waals surface area contributed by atoms with Gasteiger partial charge in [0, 0.05) is 30.0 Å². The van der Waals surface area contributed by atoms with Gasteiger partial charge < -0.3 is 10.6 Å². The maximum absolute atomic E-state index is 5.91. The van der Waals surface area contributed by atoms with E-state index in [-0.39, 0.29) is 0 Å². The van der Waals surface area contributed by atoms with Crippen molar-refractivity contribution in [2.45, 2.75) is 25.4 Å². The maximum Gasteiger partial charge on any atom is 0.0433 e. The lowest BCUT2D eigenvalue weighted by molar-refractivity contribution is 0.357. The molecule has 0 aromatic heterocycles. The van der Waals surface area contributed by atoms with Crippen LogP contribution >= 0.6 is 0 Å². The summed E-state index contributed by atoms with van der Waals surface area (Å²) in [5.41, 5.74) is 9.38. The van der Waals surface area contributed by atoms with Crippen LogP contribution in [0.3, 0.4) is 0 Å². The zero-order valence-electron chi connectivity index (χ0n) is 8.11. The second-order valence-electron chi connectivity index (χ2n) is 4.14. The Labute approximate surface area is 84.0 Å². The molecule has 0 bridgehead atoms. The van der Waals surface area contributed by atoms with Crippen LogP contribution in [0.15, 0.2) is 24.4 Å². The molecule has 1 aromatic carbocycles. The molecule has 1 heterocycles. The summed E-state index contributed by atoms with van der Waals surface area (Å²) in [4.78, 5) is 2.42. The quantitative estimate of drug-likeness (QED) is 0.681. The van der Waals surface area contributed by atoms with Crippen LogP contribution < -0.4 is 5.73 Å². The summed E-state index contributed by atoms with van der Waals surface area (Å²) in [6, 6.07) is 6.97. The van der Waals surface area contributed by atoms with Gasteiger partial charge in [-0.15, -0.1) is 0 Å². The third kappa shape index (κ3) is 1.18. The van der Waals surface area contributed by atoms with Gasteiger partial charge in [-0.3, -0.25) is 0 Å². The van der Waals surface area contributed by atoms with Gasteiger partial charge in [0.25, 0.3) is 0 Å². The van der Waals surface area contributed by atoms with E-state index in [9.17, 15) is 0 Å². The minimum Gasteiger partial charge on any atom is -0.398 e. The van der Waals surface area contributed by atoms with Gasteiger partial charge >= 0.3 is 0 Å². The summed E-state index contributed by atoms with van der Waals surface area (Å²) in [7, 11) is 0. The standard InChI is InChI=1S/C12H14N2/c13-12-3-1-2-9-8-14(10-4-5-10)7-6-11(9)12/h1-3,6-7,10H,4-5,8,13H2. The molecule has 2 N–H and O–H groups in total. The lowest BCUT2D eigenvalue weighted by atomic mass is 10.0. The fourth-order valence-corrected chi connectivity index (χ4v) is 2.05. The fourth-order valence-electron chi connectivity index (χ4n) is 2.05. The van der Waals surface area contributed by atoms with Crippen LogP contribution in [0.1, 0.15) is 24.0 Å². The van der Waals surface area contributed by atoms with E-state index in [0.717, 1.165) is 18.3 Å². The Hall–Kier alpha value is -1.44. The van der Waals surface area contributed by atoms with Crippen molar-refractivity contribution in [3.05, 3.63) is 35.5 Å². The molecule has 2 heteroatoms. The molecule has 0 atom stereocenters. The first kappa shape index (κ1) is 7.92. The number of hydrogen-bond acceptors (Lipinski definition) is 2. The Morgan fingerprint density at radius 1 is 1.29 bits per heavy atom. The first-order valence-corrected chi connectivity index (χ1v) is 5.16. The molecule has 0 spiro atoms.